The summed E-state index contributed by atoms with van der Waals surface area (Å²) in [6, 6.07) is 6.13. The second-order valence-corrected chi connectivity index (χ2v) is 9.09. The van der Waals surface area contributed by atoms with E-state index in [1.54, 1.807) is 6.08 Å². The number of carbonyl (C=O) groups excluding carboxylic acids is 3. The highest BCUT2D eigenvalue weighted by atomic mass is 79.9. The standard InChI is InChI=1S/C20H20BrN3O3S/c1-12-4-2-3-7-24(12)18(25)11-23-10-13(8-17-19(26)22-20(27)28-17)15-9-14(21)5-6-16(15)23/h5-6,8-10,12H,2-4,7,11H2,1H3,(H,22,26,27)/b17-8-/t12-/m0/s1. The van der Waals surface area contributed by atoms with Gasteiger partial charge in [-0.05, 0) is 62.2 Å². The van der Waals surface area contributed by atoms with Crippen LogP contribution in [0.15, 0.2) is 33.8 Å². The molecule has 1 aromatic carbocycles. The lowest BCUT2D eigenvalue weighted by molar-refractivity contribution is -0.135. The zero-order chi connectivity index (χ0) is 19.8. The molecule has 2 aliphatic heterocycles. The van der Waals surface area contributed by atoms with Gasteiger partial charge in [0.25, 0.3) is 11.1 Å². The van der Waals surface area contributed by atoms with Gasteiger partial charge in [0.15, 0.2) is 0 Å². The third-order valence-corrected chi connectivity index (χ3v) is 6.54. The van der Waals surface area contributed by atoms with Gasteiger partial charge in [-0.2, -0.15) is 0 Å². The molecule has 0 radical (unpaired) electrons. The maximum atomic E-state index is 12.9. The van der Waals surface area contributed by atoms with Gasteiger partial charge in [0.05, 0.1) is 4.91 Å². The molecule has 2 fully saturated rings. The average molecular weight is 462 g/mol. The van der Waals surface area contributed by atoms with E-state index in [1.165, 1.54) is 6.42 Å². The Morgan fingerprint density at radius 1 is 1.36 bits per heavy atom. The van der Waals surface area contributed by atoms with Crippen LogP contribution >= 0.6 is 27.7 Å². The smallest absolute Gasteiger partial charge is 0.290 e. The maximum absolute atomic E-state index is 12.9. The number of aromatic nitrogens is 1. The molecule has 6 nitrogen and oxygen atoms in total. The average Bonchev–Trinajstić information content (AvgIpc) is 3.14. The lowest BCUT2D eigenvalue weighted by Gasteiger charge is -2.33. The maximum Gasteiger partial charge on any atom is 0.290 e. The number of nitrogens with one attached hydrogen (secondary N) is 1. The first-order chi connectivity index (χ1) is 13.4. The highest BCUT2D eigenvalue weighted by molar-refractivity contribution is 9.10. The first-order valence-electron chi connectivity index (χ1n) is 9.25. The second kappa shape index (κ2) is 7.75. The van der Waals surface area contributed by atoms with Crippen molar-refractivity contribution in [3.05, 3.63) is 39.3 Å². The Morgan fingerprint density at radius 3 is 2.89 bits per heavy atom. The normalized spacial score (nSPS) is 21.6. The van der Waals surface area contributed by atoms with E-state index in [0.717, 1.165) is 52.1 Å². The summed E-state index contributed by atoms with van der Waals surface area (Å²) in [4.78, 5) is 38.6. The third kappa shape index (κ3) is 3.75. The van der Waals surface area contributed by atoms with Crippen molar-refractivity contribution in [3.63, 3.8) is 0 Å². The number of piperidine rings is 1. The van der Waals surface area contributed by atoms with Gasteiger partial charge in [-0.3, -0.25) is 19.7 Å². The largest absolute Gasteiger partial charge is 0.338 e. The van der Waals surface area contributed by atoms with Crippen LogP contribution in [0.3, 0.4) is 0 Å². The molecule has 1 N–H and O–H groups in total. The molecule has 28 heavy (non-hydrogen) atoms. The summed E-state index contributed by atoms with van der Waals surface area (Å²) in [5.74, 6) is -0.279. The van der Waals surface area contributed by atoms with Gasteiger partial charge in [0, 0.05) is 39.7 Å². The van der Waals surface area contributed by atoms with Gasteiger partial charge in [-0.1, -0.05) is 15.9 Å². The Bertz CT molecular complexity index is 1010. The number of fused-ring (bicyclic) bond motifs is 1. The highest BCUT2D eigenvalue weighted by Crippen LogP contribution is 2.31. The summed E-state index contributed by atoms with van der Waals surface area (Å²) in [6.45, 7) is 3.16. The molecule has 2 aromatic rings. The van der Waals surface area contributed by atoms with Crippen molar-refractivity contribution in [2.75, 3.05) is 6.54 Å². The van der Waals surface area contributed by atoms with Crippen molar-refractivity contribution in [2.24, 2.45) is 0 Å². The Morgan fingerprint density at radius 2 is 2.18 bits per heavy atom. The Labute approximate surface area is 175 Å². The number of hydrogen-bond donors (Lipinski definition) is 1. The minimum atomic E-state index is -0.385. The number of carbonyl (C=O) groups is 3. The lowest BCUT2D eigenvalue weighted by atomic mass is 10.0. The molecule has 0 bridgehead atoms. The van der Waals surface area contributed by atoms with Gasteiger partial charge in [0.2, 0.25) is 5.91 Å². The molecule has 8 heteroatoms. The third-order valence-electron chi connectivity index (χ3n) is 5.23. The summed E-state index contributed by atoms with van der Waals surface area (Å²) in [5, 5.41) is 2.83. The number of hydrogen-bond acceptors (Lipinski definition) is 4. The van der Waals surface area contributed by atoms with Crippen molar-refractivity contribution in [1.82, 2.24) is 14.8 Å². The summed E-state index contributed by atoms with van der Waals surface area (Å²) in [6.07, 6.45) is 6.86. The fourth-order valence-corrected chi connectivity index (χ4v) is 4.84. The highest BCUT2D eigenvalue weighted by Gasteiger charge is 2.26. The van der Waals surface area contributed by atoms with Crippen molar-refractivity contribution in [3.8, 4) is 0 Å². The van der Waals surface area contributed by atoms with E-state index in [0.29, 0.717) is 4.91 Å². The monoisotopic (exact) mass is 461 g/mol. The van der Waals surface area contributed by atoms with Crippen LogP contribution in [0.2, 0.25) is 0 Å². The zero-order valence-corrected chi connectivity index (χ0v) is 17.8. The van der Waals surface area contributed by atoms with Crippen LogP contribution in [0.25, 0.3) is 17.0 Å². The van der Waals surface area contributed by atoms with Crippen LogP contribution in [-0.4, -0.2) is 39.1 Å². The number of amides is 3. The van der Waals surface area contributed by atoms with Gasteiger partial charge in [-0.15, -0.1) is 0 Å². The summed E-state index contributed by atoms with van der Waals surface area (Å²) in [5.41, 5.74) is 1.73. The van der Waals surface area contributed by atoms with Gasteiger partial charge < -0.3 is 9.47 Å². The van der Waals surface area contributed by atoms with E-state index < -0.39 is 0 Å². The molecule has 0 saturated carbocycles. The molecule has 146 valence electrons. The SMILES string of the molecule is C[C@H]1CCCCN1C(=O)Cn1cc(/C=C2\SC(=O)NC2=O)c2cc(Br)ccc21. The van der Waals surface area contributed by atoms with Gasteiger partial charge >= 0.3 is 0 Å². The minimum Gasteiger partial charge on any atom is -0.338 e. The van der Waals surface area contributed by atoms with Crippen molar-refractivity contribution in [1.29, 1.82) is 0 Å². The van der Waals surface area contributed by atoms with E-state index in [4.69, 9.17) is 0 Å². The minimum absolute atomic E-state index is 0.106. The van der Waals surface area contributed by atoms with E-state index in [1.807, 2.05) is 33.9 Å². The molecule has 0 spiro atoms. The van der Waals surface area contributed by atoms with E-state index in [9.17, 15) is 14.4 Å². The van der Waals surface area contributed by atoms with Crippen molar-refractivity contribution in [2.45, 2.75) is 38.8 Å². The molecule has 2 aliphatic rings. The molecule has 0 aliphatic carbocycles. The fraction of sp³-hybridized carbons (Fsp3) is 0.350. The Hall–Kier alpha value is -2.06. The predicted molar refractivity (Wildman–Crippen MR) is 114 cm³/mol. The molecule has 3 heterocycles. The zero-order valence-electron chi connectivity index (χ0n) is 15.4. The number of benzene rings is 1. The lowest BCUT2D eigenvalue weighted by Crippen LogP contribution is -2.43. The Kier molecular flexibility index (Phi) is 5.33. The number of nitrogens with zero attached hydrogens (tertiary/aromatic N) is 2. The van der Waals surface area contributed by atoms with E-state index >= 15 is 0 Å². The number of thioether (sulfide) groups is 1. The second-order valence-electron chi connectivity index (χ2n) is 7.16. The van der Waals surface area contributed by atoms with Gasteiger partial charge in [0.1, 0.15) is 6.54 Å². The van der Waals surface area contributed by atoms with Crippen LogP contribution in [0.1, 0.15) is 31.7 Å². The quantitative estimate of drug-likeness (QED) is 0.697. The first-order valence-corrected chi connectivity index (χ1v) is 10.9. The van der Waals surface area contributed by atoms with Crippen molar-refractivity contribution < 1.29 is 14.4 Å². The number of imide groups is 1. The van der Waals surface area contributed by atoms with Crippen LogP contribution in [0, 0.1) is 0 Å². The van der Waals surface area contributed by atoms with Crippen LogP contribution < -0.4 is 5.32 Å². The molecule has 0 unspecified atom stereocenters. The van der Waals surface area contributed by atoms with E-state index in [-0.39, 0.29) is 29.6 Å². The number of rotatable bonds is 3. The number of likely N-dealkylation sites (tertiary alicyclic amines) is 1. The van der Waals surface area contributed by atoms with Crippen molar-refractivity contribution >= 4 is 61.7 Å². The summed E-state index contributed by atoms with van der Waals surface area (Å²) >= 11 is 4.38. The molecule has 1 atom stereocenters. The predicted octanol–water partition coefficient (Wildman–Crippen LogP) is 4.13. The molecule has 4 rings (SSSR count). The molecule has 3 amide bonds. The van der Waals surface area contributed by atoms with Crippen LogP contribution in [-0.2, 0) is 16.1 Å². The van der Waals surface area contributed by atoms with Crippen LogP contribution in [0.5, 0.6) is 0 Å². The summed E-state index contributed by atoms with van der Waals surface area (Å²) in [7, 11) is 0. The fourth-order valence-electron chi connectivity index (χ4n) is 3.81. The topological polar surface area (TPSA) is 71.4 Å². The molecular formula is C20H20BrN3O3S. The summed E-state index contributed by atoms with van der Waals surface area (Å²) < 4.78 is 2.84. The molecular weight excluding hydrogens is 442 g/mol. The van der Waals surface area contributed by atoms with Crippen LogP contribution in [0.4, 0.5) is 4.79 Å². The first kappa shape index (κ1) is 19.3. The van der Waals surface area contributed by atoms with E-state index in [2.05, 4.69) is 28.2 Å². The Balaban J connectivity index is 1.69. The molecule has 2 saturated heterocycles. The molecule has 1 aromatic heterocycles. The van der Waals surface area contributed by atoms with Gasteiger partial charge in [-0.25, -0.2) is 0 Å². The number of halogens is 1.